The number of aliphatic hydroxyl groups excluding tert-OH is 2. The van der Waals surface area contributed by atoms with Crippen molar-refractivity contribution in [3.8, 4) is 0 Å². The van der Waals surface area contributed by atoms with E-state index in [2.05, 4.69) is 4.98 Å². The molecule has 1 unspecified atom stereocenters. The Labute approximate surface area is 183 Å². The van der Waals surface area contributed by atoms with Gasteiger partial charge in [0.1, 0.15) is 6.23 Å². The second-order valence-corrected chi connectivity index (χ2v) is 9.39. The van der Waals surface area contributed by atoms with E-state index in [1.165, 1.54) is 62.1 Å². The van der Waals surface area contributed by atoms with Gasteiger partial charge in [-0.2, -0.15) is 11.8 Å². The summed E-state index contributed by atoms with van der Waals surface area (Å²) >= 11 is 1.79. The molecular weight excluding hydrogens is 404 g/mol. The van der Waals surface area contributed by atoms with Crippen LogP contribution in [0.25, 0.3) is 0 Å². The van der Waals surface area contributed by atoms with Gasteiger partial charge in [0, 0.05) is 30.5 Å². The number of hydrogen-bond acceptors (Lipinski definition) is 6. The van der Waals surface area contributed by atoms with E-state index in [1.807, 2.05) is 0 Å². The maximum absolute atomic E-state index is 12.0. The number of aryl methyl sites for hydroxylation is 1. The van der Waals surface area contributed by atoms with Crippen LogP contribution in [0.2, 0.25) is 0 Å². The van der Waals surface area contributed by atoms with Crippen molar-refractivity contribution in [2.45, 2.75) is 96.0 Å². The van der Waals surface area contributed by atoms with E-state index in [-0.39, 0.29) is 11.7 Å². The highest BCUT2D eigenvalue weighted by atomic mass is 32.2. The molecule has 0 aliphatic carbocycles. The highest BCUT2D eigenvalue weighted by molar-refractivity contribution is 7.99. The Hall–Kier alpha value is -1.09. The van der Waals surface area contributed by atoms with E-state index in [1.54, 1.807) is 18.7 Å². The minimum Gasteiger partial charge on any atom is -0.396 e. The van der Waals surface area contributed by atoms with Crippen molar-refractivity contribution in [3.63, 3.8) is 0 Å². The minimum absolute atomic E-state index is 0.287. The van der Waals surface area contributed by atoms with Crippen molar-refractivity contribution in [2.75, 3.05) is 18.1 Å². The highest BCUT2D eigenvalue weighted by Gasteiger charge is 2.35. The topological polar surface area (TPSA) is 105 Å². The van der Waals surface area contributed by atoms with E-state index in [0.717, 1.165) is 18.6 Å². The molecule has 0 radical (unpaired) electrons. The standard InChI is InChI=1S/C22H38N2O5S/c1-17-15-24(22(28)23-21(17)27)20-14-18(26)19(29-20)16-30-13-11-9-7-5-3-2-4-6-8-10-12-25/h15,18-20,25-26H,2-14,16H2,1H3,(H,23,27,28)/t18?,19-,20-/m1/s1. The first-order valence-corrected chi connectivity index (χ1v) is 12.5. The van der Waals surface area contributed by atoms with E-state index < -0.39 is 18.0 Å². The number of nitrogens with one attached hydrogen (secondary N) is 1. The van der Waals surface area contributed by atoms with Crippen molar-refractivity contribution >= 4 is 11.8 Å². The van der Waals surface area contributed by atoms with Crippen LogP contribution in [0.3, 0.4) is 0 Å². The number of hydrogen-bond donors (Lipinski definition) is 3. The van der Waals surface area contributed by atoms with Crippen LogP contribution < -0.4 is 11.2 Å². The van der Waals surface area contributed by atoms with Gasteiger partial charge in [0.15, 0.2) is 0 Å². The van der Waals surface area contributed by atoms with Gasteiger partial charge in [-0.25, -0.2) is 4.79 Å². The SMILES string of the molecule is Cc1cn([C@H]2CC(O)[C@@H](CSCCCCCCCCCCCCO)O2)c(=O)[nH]c1=O. The van der Waals surface area contributed by atoms with Crippen LogP contribution in [0.15, 0.2) is 15.8 Å². The Morgan fingerprint density at radius 3 is 2.30 bits per heavy atom. The summed E-state index contributed by atoms with van der Waals surface area (Å²) in [6.07, 6.45) is 12.6. The molecule has 3 N–H and O–H groups in total. The number of ether oxygens (including phenoxy) is 1. The van der Waals surface area contributed by atoms with E-state index in [4.69, 9.17) is 9.84 Å². The molecule has 172 valence electrons. The Balaban J connectivity index is 1.53. The molecule has 2 rings (SSSR count). The van der Waals surface area contributed by atoms with Crippen LogP contribution in [-0.2, 0) is 4.74 Å². The van der Waals surface area contributed by atoms with Gasteiger partial charge in [-0.05, 0) is 25.5 Å². The van der Waals surface area contributed by atoms with Crippen molar-refractivity contribution in [2.24, 2.45) is 0 Å². The molecule has 8 heteroatoms. The summed E-state index contributed by atoms with van der Waals surface area (Å²) in [5.41, 5.74) is -0.437. The molecule has 3 atom stereocenters. The monoisotopic (exact) mass is 442 g/mol. The van der Waals surface area contributed by atoms with Crippen molar-refractivity contribution < 1.29 is 14.9 Å². The Morgan fingerprint density at radius 1 is 1.07 bits per heavy atom. The molecule has 1 aromatic rings. The van der Waals surface area contributed by atoms with Crippen LogP contribution in [0.5, 0.6) is 0 Å². The first-order chi connectivity index (χ1) is 14.5. The number of unbranched alkanes of at least 4 members (excludes halogenated alkanes) is 9. The fourth-order valence-corrected chi connectivity index (χ4v) is 4.87. The number of H-pyrrole nitrogens is 1. The van der Waals surface area contributed by atoms with Crippen LogP contribution >= 0.6 is 11.8 Å². The van der Waals surface area contributed by atoms with Crippen molar-refractivity contribution in [1.82, 2.24) is 9.55 Å². The largest absolute Gasteiger partial charge is 0.396 e. The van der Waals surface area contributed by atoms with Crippen LogP contribution in [-0.4, -0.2) is 50.1 Å². The molecule has 7 nitrogen and oxygen atoms in total. The predicted octanol–water partition coefficient (Wildman–Crippen LogP) is 3.12. The molecule has 1 aliphatic heterocycles. The second-order valence-electron chi connectivity index (χ2n) is 8.24. The fourth-order valence-electron chi connectivity index (χ4n) is 3.77. The lowest BCUT2D eigenvalue weighted by Gasteiger charge is -2.16. The summed E-state index contributed by atoms with van der Waals surface area (Å²) in [6, 6.07) is 0. The molecule has 1 aromatic heterocycles. The molecule has 1 aliphatic rings. The third-order valence-electron chi connectivity index (χ3n) is 5.64. The molecule has 0 saturated carbocycles. The summed E-state index contributed by atoms with van der Waals surface area (Å²) in [4.78, 5) is 25.8. The van der Waals surface area contributed by atoms with E-state index >= 15 is 0 Å². The molecule has 0 amide bonds. The Morgan fingerprint density at radius 2 is 1.67 bits per heavy atom. The van der Waals surface area contributed by atoms with Crippen molar-refractivity contribution in [1.29, 1.82) is 0 Å². The van der Waals surface area contributed by atoms with Gasteiger partial charge < -0.3 is 14.9 Å². The minimum atomic E-state index is -0.598. The summed E-state index contributed by atoms with van der Waals surface area (Å²) in [5.74, 6) is 1.76. The zero-order valence-electron chi connectivity index (χ0n) is 18.2. The Bertz CT molecular complexity index is 720. The molecule has 30 heavy (non-hydrogen) atoms. The van der Waals surface area contributed by atoms with Crippen LogP contribution in [0.4, 0.5) is 0 Å². The van der Waals surface area contributed by atoms with E-state index in [0.29, 0.717) is 24.3 Å². The van der Waals surface area contributed by atoms with Gasteiger partial charge >= 0.3 is 5.69 Å². The van der Waals surface area contributed by atoms with Crippen LogP contribution in [0, 0.1) is 6.92 Å². The summed E-state index contributed by atoms with van der Waals surface area (Å²) in [5, 5.41) is 19.0. The first kappa shape index (κ1) is 25.2. The number of aliphatic hydroxyl groups is 2. The quantitative estimate of drug-likeness (QED) is 0.361. The third-order valence-corrected chi connectivity index (χ3v) is 6.78. The first-order valence-electron chi connectivity index (χ1n) is 11.4. The molecule has 0 spiro atoms. The zero-order chi connectivity index (χ0) is 21.8. The number of aromatic nitrogens is 2. The summed E-state index contributed by atoms with van der Waals surface area (Å²) < 4.78 is 7.27. The van der Waals surface area contributed by atoms with Gasteiger partial charge in [0.05, 0.1) is 12.2 Å². The smallest absolute Gasteiger partial charge is 0.330 e. The number of thioether (sulfide) groups is 1. The molecule has 1 fully saturated rings. The lowest BCUT2D eigenvalue weighted by molar-refractivity contribution is -0.00764. The molecule has 2 heterocycles. The predicted molar refractivity (Wildman–Crippen MR) is 121 cm³/mol. The zero-order valence-corrected chi connectivity index (χ0v) is 19.0. The Kier molecular flexibility index (Phi) is 11.8. The number of rotatable bonds is 15. The average Bonchev–Trinajstić information content (AvgIpc) is 3.08. The van der Waals surface area contributed by atoms with Gasteiger partial charge in [0.2, 0.25) is 0 Å². The van der Waals surface area contributed by atoms with Gasteiger partial charge in [-0.15, -0.1) is 0 Å². The summed E-state index contributed by atoms with van der Waals surface area (Å²) in [6.45, 7) is 1.96. The number of nitrogens with zero attached hydrogens (tertiary/aromatic N) is 1. The van der Waals surface area contributed by atoms with Crippen molar-refractivity contribution in [3.05, 3.63) is 32.6 Å². The lowest BCUT2D eigenvalue weighted by atomic mass is 10.1. The molecule has 0 aromatic carbocycles. The second kappa shape index (κ2) is 14.1. The van der Waals surface area contributed by atoms with Gasteiger partial charge in [-0.3, -0.25) is 14.3 Å². The third kappa shape index (κ3) is 8.57. The average molecular weight is 443 g/mol. The number of aromatic amines is 1. The molecule has 1 saturated heterocycles. The van der Waals surface area contributed by atoms with Gasteiger partial charge in [-0.1, -0.05) is 51.4 Å². The normalized spacial score (nSPS) is 21.4. The fraction of sp³-hybridized carbons (Fsp3) is 0.818. The van der Waals surface area contributed by atoms with Crippen LogP contribution in [0.1, 0.15) is 82.4 Å². The maximum Gasteiger partial charge on any atom is 0.330 e. The highest BCUT2D eigenvalue weighted by Crippen LogP contribution is 2.29. The lowest BCUT2D eigenvalue weighted by Crippen LogP contribution is -2.33. The van der Waals surface area contributed by atoms with E-state index in [9.17, 15) is 14.7 Å². The van der Waals surface area contributed by atoms with Gasteiger partial charge in [0.25, 0.3) is 5.56 Å². The molecular formula is C22H38N2O5S. The molecule has 0 bridgehead atoms. The maximum atomic E-state index is 12.0. The summed E-state index contributed by atoms with van der Waals surface area (Å²) in [7, 11) is 0.